The van der Waals surface area contributed by atoms with Crippen LogP contribution in [0.1, 0.15) is 5.56 Å². The van der Waals surface area contributed by atoms with Crippen LogP contribution < -0.4 is 15.0 Å². The van der Waals surface area contributed by atoms with Gasteiger partial charge in [-0.2, -0.15) is 0 Å². The maximum atomic E-state index is 12.2. The fourth-order valence-corrected chi connectivity index (χ4v) is 2.78. The Labute approximate surface area is 152 Å². The number of para-hydroxylation sites is 1. The third-order valence-corrected chi connectivity index (χ3v) is 4.16. The average molecular weight is 350 g/mol. The number of carbonyl (C=O) groups excluding carboxylic acids is 1. The van der Waals surface area contributed by atoms with Crippen LogP contribution in [0.25, 0.3) is 10.9 Å². The molecule has 0 spiro atoms. The normalized spacial score (nSPS) is 10.5. The SMILES string of the molecule is COc1ccc(CCNC(=O)CN(C)c2ncnc3ccccc23)cc1. The van der Waals surface area contributed by atoms with Gasteiger partial charge in [-0.3, -0.25) is 4.79 Å². The number of rotatable bonds is 7. The van der Waals surface area contributed by atoms with E-state index < -0.39 is 0 Å². The van der Waals surface area contributed by atoms with Crippen molar-refractivity contribution in [1.29, 1.82) is 0 Å². The van der Waals surface area contributed by atoms with Gasteiger partial charge in [0.1, 0.15) is 17.9 Å². The first-order valence-electron chi connectivity index (χ1n) is 8.48. The number of ether oxygens (including phenoxy) is 1. The van der Waals surface area contributed by atoms with Crippen molar-refractivity contribution in [1.82, 2.24) is 15.3 Å². The molecule has 6 nitrogen and oxygen atoms in total. The lowest BCUT2D eigenvalue weighted by Crippen LogP contribution is -2.36. The summed E-state index contributed by atoms with van der Waals surface area (Å²) in [4.78, 5) is 22.7. The van der Waals surface area contributed by atoms with Crippen molar-refractivity contribution in [2.75, 3.05) is 32.1 Å². The molecule has 3 aromatic rings. The number of hydrogen-bond donors (Lipinski definition) is 1. The van der Waals surface area contributed by atoms with Crippen LogP contribution in [0.4, 0.5) is 5.82 Å². The smallest absolute Gasteiger partial charge is 0.239 e. The molecule has 3 rings (SSSR count). The second-order valence-electron chi connectivity index (χ2n) is 6.02. The van der Waals surface area contributed by atoms with E-state index in [1.54, 1.807) is 7.11 Å². The van der Waals surface area contributed by atoms with E-state index in [1.807, 2.05) is 60.5 Å². The molecule has 134 valence electrons. The molecule has 26 heavy (non-hydrogen) atoms. The summed E-state index contributed by atoms with van der Waals surface area (Å²) >= 11 is 0. The van der Waals surface area contributed by atoms with E-state index in [0.717, 1.165) is 34.5 Å². The molecule has 0 aliphatic carbocycles. The number of likely N-dealkylation sites (N-methyl/N-ethyl adjacent to an activating group) is 1. The summed E-state index contributed by atoms with van der Waals surface area (Å²) in [7, 11) is 3.50. The first-order valence-corrected chi connectivity index (χ1v) is 8.48. The number of fused-ring (bicyclic) bond motifs is 1. The highest BCUT2D eigenvalue weighted by Crippen LogP contribution is 2.21. The summed E-state index contributed by atoms with van der Waals surface area (Å²) < 4.78 is 5.14. The van der Waals surface area contributed by atoms with Gasteiger partial charge in [-0.05, 0) is 36.2 Å². The second kappa shape index (κ2) is 8.29. The van der Waals surface area contributed by atoms with Gasteiger partial charge in [0.15, 0.2) is 0 Å². The fraction of sp³-hybridized carbons (Fsp3) is 0.250. The van der Waals surface area contributed by atoms with Crippen LogP contribution in [0.3, 0.4) is 0 Å². The molecular weight excluding hydrogens is 328 g/mol. The van der Waals surface area contributed by atoms with Crippen molar-refractivity contribution in [3.05, 3.63) is 60.4 Å². The molecule has 1 heterocycles. The predicted molar refractivity (Wildman–Crippen MR) is 103 cm³/mol. The zero-order chi connectivity index (χ0) is 18.4. The number of aromatic nitrogens is 2. The van der Waals surface area contributed by atoms with Gasteiger partial charge in [-0.25, -0.2) is 9.97 Å². The molecule has 0 radical (unpaired) electrons. The van der Waals surface area contributed by atoms with Crippen molar-refractivity contribution in [3.8, 4) is 5.75 Å². The lowest BCUT2D eigenvalue weighted by Gasteiger charge is -2.19. The molecule has 0 fully saturated rings. The minimum absolute atomic E-state index is 0.0382. The van der Waals surface area contributed by atoms with Crippen LogP contribution in [0, 0.1) is 0 Å². The van der Waals surface area contributed by atoms with E-state index in [2.05, 4.69) is 15.3 Å². The van der Waals surface area contributed by atoms with Gasteiger partial charge in [-0.15, -0.1) is 0 Å². The number of amides is 1. The summed E-state index contributed by atoms with van der Waals surface area (Å²) in [6.45, 7) is 0.827. The molecule has 1 amide bonds. The first-order chi connectivity index (χ1) is 12.7. The number of nitrogens with one attached hydrogen (secondary N) is 1. The van der Waals surface area contributed by atoms with E-state index in [9.17, 15) is 4.79 Å². The summed E-state index contributed by atoms with van der Waals surface area (Å²) in [6.07, 6.45) is 2.30. The lowest BCUT2D eigenvalue weighted by molar-refractivity contribution is -0.119. The van der Waals surface area contributed by atoms with Gasteiger partial charge in [0, 0.05) is 19.0 Å². The largest absolute Gasteiger partial charge is 0.497 e. The van der Waals surface area contributed by atoms with Crippen LogP contribution in [-0.2, 0) is 11.2 Å². The summed E-state index contributed by atoms with van der Waals surface area (Å²) in [5.74, 6) is 1.54. The molecule has 0 saturated carbocycles. The Morgan fingerprint density at radius 1 is 1.12 bits per heavy atom. The Morgan fingerprint density at radius 2 is 1.88 bits per heavy atom. The van der Waals surface area contributed by atoms with Crippen LogP contribution in [0.5, 0.6) is 5.75 Å². The molecule has 2 aromatic carbocycles. The standard InChI is InChI=1S/C20H22N4O2/c1-24(20-17-5-3-4-6-18(17)22-14-23-20)13-19(25)21-12-11-15-7-9-16(26-2)10-8-15/h3-10,14H,11-13H2,1-2H3,(H,21,25). The highest BCUT2D eigenvalue weighted by atomic mass is 16.5. The number of anilines is 1. The summed E-state index contributed by atoms with van der Waals surface area (Å²) in [5.41, 5.74) is 2.02. The highest BCUT2D eigenvalue weighted by molar-refractivity contribution is 5.91. The lowest BCUT2D eigenvalue weighted by atomic mass is 10.1. The number of hydrogen-bond acceptors (Lipinski definition) is 5. The van der Waals surface area contributed by atoms with Crippen LogP contribution >= 0.6 is 0 Å². The Morgan fingerprint density at radius 3 is 2.65 bits per heavy atom. The van der Waals surface area contributed by atoms with Gasteiger partial charge >= 0.3 is 0 Å². The van der Waals surface area contributed by atoms with Crippen molar-refractivity contribution >= 4 is 22.6 Å². The summed E-state index contributed by atoms with van der Waals surface area (Å²) in [6, 6.07) is 15.6. The minimum Gasteiger partial charge on any atom is -0.497 e. The Bertz CT molecular complexity index is 875. The van der Waals surface area contributed by atoms with Crippen LogP contribution in [-0.4, -0.2) is 43.1 Å². The second-order valence-corrected chi connectivity index (χ2v) is 6.02. The van der Waals surface area contributed by atoms with E-state index in [-0.39, 0.29) is 12.5 Å². The summed E-state index contributed by atoms with van der Waals surface area (Å²) in [5, 5.41) is 3.89. The van der Waals surface area contributed by atoms with Crippen molar-refractivity contribution in [3.63, 3.8) is 0 Å². The quantitative estimate of drug-likeness (QED) is 0.709. The molecule has 0 saturated heterocycles. The average Bonchev–Trinajstić information content (AvgIpc) is 2.68. The van der Waals surface area contributed by atoms with Gasteiger partial charge in [0.25, 0.3) is 0 Å². The van der Waals surface area contributed by atoms with Gasteiger partial charge in [0.2, 0.25) is 5.91 Å². The van der Waals surface area contributed by atoms with Gasteiger partial charge in [-0.1, -0.05) is 24.3 Å². The van der Waals surface area contributed by atoms with Crippen molar-refractivity contribution in [2.24, 2.45) is 0 Å². The molecule has 1 N–H and O–H groups in total. The molecular formula is C20H22N4O2. The third kappa shape index (κ3) is 4.27. The number of benzene rings is 2. The zero-order valence-corrected chi connectivity index (χ0v) is 15.0. The third-order valence-electron chi connectivity index (χ3n) is 4.16. The van der Waals surface area contributed by atoms with E-state index in [4.69, 9.17) is 4.74 Å². The molecule has 6 heteroatoms. The molecule has 0 aliphatic heterocycles. The molecule has 0 bridgehead atoms. The Kier molecular flexibility index (Phi) is 5.63. The van der Waals surface area contributed by atoms with E-state index in [1.165, 1.54) is 6.33 Å². The maximum Gasteiger partial charge on any atom is 0.239 e. The van der Waals surface area contributed by atoms with Gasteiger partial charge in [0.05, 0.1) is 19.2 Å². The van der Waals surface area contributed by atoms with Crippen LogP contribution in [0.2, 0.25) is 0 Å². The monoisotopic (exact) mass is 350 g/mol. The van der Waals surface area contributed by atoms with Crippen LogP contribution in [0.15, 0.2) is 54.9 Å². The molecule has 0 aliphatic rings. The molecule has 1 aromatic heterocycles. The fourth-order valence-electron chi connectivity index (χ4n) is 2.78. The van der Waals surface area contributed by atoms with Crippen molar-refractivity contribution in [2.45, 2.75) is 6.42 Å². The number of methoxy groups -OCH3 is 1. The Balaban J connectivity index is 1.53. The number of nitrogens with zero attached hydrogens (tertiary/aromatic N) is 3. The highest BCUT2D eigenvalue weighted by Gasteiger charge is 2.11. The van der Waals surface area contributed by atoms with Crippen molar-refractivity contribution < 1.29 is 9.53 Å². The van der Waals surface area contributed by atoms with Gasteiger partial charge < -0.3 is 15.0 Å². The first kappa shape index (κ1) is 17.7. The zero-order valence-electron chi connectivity index (χ0n) is 15.0. The minimum atomic E-state index is -0.0382. The molecule has 0 atom stereocenters. The molecule has 0 unspecified atom stereocenters. The number of carbonyl (C=O) groups is 1. The van der Waals surface area contributed by atoms with E-state index in [0.29, 0.717) is 6.54 Å². The topological polar surface area (TPSA) is 67.3 Å². The maximum absolute atomic E-state index is 12.2. The Hall–Kier alpha value is -3.15. The van der Waals surface area contributed by atoms with E-state index >= 15 is 0 Å². The predicted octanol–water partition coefficient (Wildman–Crippen LogP) is 2.43.